The summed E-state index contributed by atoms with van der Waals surface area (Å²) in [5.41, 5.74) is -0.142. The fraction of sp³-hybridized carbons (Fsp3) is 0.600. The molecule has 1 aliphatic heterocycles. The Bertz CT molecular complexity index is 775. The van der Waals surface area contributed by atoms with Crippen molar-refractivity contribution >= 4 is 11.8 Å². The van der Waals surface area contributed by atoms with E-state index in [4.69, 9.17) is 9.47 Å². The van der Waals surface area contributed by atoms with Crippen LogP contribution in [0, 0.1) is 17.8 Å². The van der Waals surface area contributed by atoms with E-state index in [1.165, 1.54) is 0 Å². The molecule has 0 radical (unpaired) electrons. The summed E-state index contributed by atoms with van der Waals surface area (Å²) in [5.74, 6) is 1.82. The van der Waals surface area contributed by atoms with Crippen molar-refractivity contribution < 1.29 is 19.1 Å². The summed E-state index contributed by atoms with van der Waals surface area (Å²) < 4.78 is 11.7. The molecule has 4 atom stereocenters. The third kappa shape index (κ3) is 2.46. The lowest BCUT2D eigenvalue weighted by Gasteiger charge is -2.55. The van der Waals surface area contributed by atoms with Gasteiger partial charge in [0.25, 0.3) is 5.91 Å². The van der Waals surface area contributed by atoms with Gasteiger partial charge in [0, 0.05) is 30.4 Å². The van der Waals surface area contributed by atoms with Gasteiger partial charge in [-0.3, -0.25) is 9.59 Å². The molecule has 6 nitrogen and oxygen atoms in total. The van der Waals surface area contributed by atoms with E-state index in [0.29, 0.717) is 29.5 Å². The second kappa shape index (κ2) is 5.63. The predicted molar refractivity (Wildman–Crippen MR) is 93.9 cm³/mol. The van der Waals surface area contributed by atoms with E-state index >= 15 is 0 Å². The Morgan fingerprint density at radius 3 is 2.85 bits per heavy atom. The van der Waals surface area contributed by atoms with Crippen molar-refractivity contribution in [1.82, 2.24) is 10.6 Å². The van der Waals surface area contributed by atoms with Crippen LogP contribution in [0.1, 0.15) is 48.9 Å². The van der Waals surface area contributed by atoms with Gasteiger partial charge in [0.15, 0.2) is 5.72 Å². The maximum atomic E-state index is 12.7. The van der Waals surface area contributed by atoms with Crippen LogP contribution in [-0.4, -0.2) is 30.7 Å². The van der Waals surface area contributed by atoms with Crippen LogP contribution in [0.5, 0.6) is 11.5 Å². The van der Waals surface area contributed by atoms with Gasteiger partial charge in [-0.05, 0) is 50.2 Å². The Labute approximate surface area is 152 Å². The molecule has 1 heterocycles. The number of amides is 2. The van der Waals surface area contributed by atoms with Gasteiger partial charge in [-0.15, -0.1) is 0 Å². The Morgan fingerprint density at radius 1 is 1.31 bits per heavy atom. The number of hydrogen-bond donors (Lipinski definition) is 2. The van der Waals surface area contributed by atoms with Gasteiger partial charge in [0.05, 0.1) is 12.7 Å². The lowest BCUT2D eigenvalue weighted by molar-refractivity contribution is -0.146. The van der Waals surface area contributed by atoms with Gasteiger partial charge < -0.3 is 20.1 Å². The van der Waals surface area contributed by atoms with Gasteiger partial charge in [0.1, 0.15) is 11.5 Å². The highest BCUT2D eigenvalue weighted by atomic mass is 16.5. The molecule has 6 heteroatoms. The van der Waals surface area contributed by atoms with Crippen molar-refractivity contribution in [2.45, 2.75) is 50.3 Å². The summed E-state index contributed by atoms with van der Waals surface area (Å²) in [6.07, 6.45) is 5.70. The minimum absolute atomic E-state index is 0.0483. The van der Waals surface area contributed by atoms with Crippen molar-refractivity contribution in [2.24, 2.45) is 17.8 Å². The minimum Gasteiger partial charge on any atom is -0.497 e. The molecule has 1 aromatic rings. The average Bonchev–Trinajstić information content (AvgIpc) is 3.45. The predicted octanol–water partition coefficient (Wildman–Crippen LogP) is 2.23. The lowest BCUT2D eigenvalue weighted by atomic mass is 9.60. The van der Waals surface area contributed by atoms with E-state index in [1.54, 1.807) is 25.3 Å². The molecule has 138 valence electrons. The van der Waals surface area contributed by atoms with Gasteiger partial charge in [-0.25, -0.2) is 0 Å². The number of ether oxygens (including phenoxy) is 2. The Balaban J connectivity index is 1.40. The number of nitrogens with one attached hydrogen (secondary N) is 2. The van der Waals surface area contributed by atoms with E-state index in [1.807, 2.05) is 0 Å². The zero-order chi connectivity index (χ0) is 17.9. The number of rotatable bonds is 3. The molecule has 0 unspecified atom stereocenters. The first kappa shape index (κ1) is 16.0. The van der Waals surface area contributed by atoms with Crippen LogP contribution in [0.2, 0.25) is 0 Å². The van der Waals surface area contributed by atoms with Crippen LogP contribution in [0.25, 0.3) is 0 Å². The lowest BCUT2D eigenvalue weighted by Crippen LogP contribution is -2.67. The van der Waals surface area contributed by atoms with Crippen molar-refractivity contribution in [1.29, 1.82) is 0 Å². The molecule has 2 bridgehead atoms. The van der Waals surface area contributed by atoms with E-state index in [-0.39, 0.29) is 29.6 Å². The molecule has 4 aliphatic carbocycles. The summed E-state index contributed by atoms with van der Waals surface area (Å²) in [7, 11) is 1.60. The van der Waals surface area contributed by atoms with E-state index in [2.05, 4.69) is 10.6 Å². The number of benzene rings is 1. The molecule has 1 aromatic carbocycles. The third-order valence-electron chi connectivity index (χ3n) is 6.53. The van der Waals surface area contributed by atoms with Crippen LogP contribution >= 0.6 is 0 Å². The smallest absolute Gasteiger partial charge is 0.258 e. The second-order valence-corrected chi connectivity index (χ2v) is 8.17. The highest BCUT2D eigenvalue weighted by Gasteiger charge is 2.57. The zero-order valence-corrected chi connectivity index (χ0v) is 14.9. The van der Waals surface area contributed by atoms with E-state index in [9.17, 15) is 9.59 Å². The molecule has 26 heavy (non-hydrogen) atoms. The Hall–Kier alpha value is -2.24. The van der Waals surface area contributed by atoms with Crippen LogP contribution < -0.4 is 20.1 Å². The highest BCUT2D eigenvalue weighted by Crippen LogP contribution is 2.52. The molecule has 0 aromatic heterocycles. The minimum atomic E-state index is -0.685. The summed E-state index contributed by atoms with van der Waals surface area (Å²) in [4.78, 5) is 25.3. The number of carbonyl (C=O) groups is 2. The first-order chi connectivity index (χ1) is 12.6. The number of methoxy groups -OCH3 is 1. The van der Waals surface area contributed by atoms with Crippen molar-refractivity contribution in [3.63, 3.8) is 0 Å². The zero-order valence-electron chi connectivity index (χ0n) is 14.9. The SMILES string of the molecule is COc1ccc2c(c1)O[C@@]1(C[C@H]3CC[C@@H]1C[C@@H]3C(=O)NC1CC1)NC2=O. The summed E-state index contributed by atoms with van der Waals surface area (Å²) in [5, 5.41) is 6.29. The third-order valence-corrected chi connectivity index (χ3v) is 6.53. The molecule has 6 rings (SSSR count). The topological polar surface area (TPSA) is 76.7 Å². The summed E-state index contributed by atoms with van der Waals surface area (Å²) in [6, 6.07) is 5.69. The Kier molecular flexibility index (Phi) is 3.46. The summed E-state index contributed by atoms with van der Waals surface area (Å²) >= 11 is 0. The number of carbonyl (C=O) groups excluding carboxylic acids is 2. The molecule has 4 saturated carbocycles. The molecule has 5 aliphatic rings. The molecule has 2 amide bonds. The van der Waals surface area contributed by atoms with Gasteiger partial charge >= 0.3 is 0 Å². The van der Waals surface area contributed by atoms with Crippen LogP contribution in [0.3, 0.4) is 0 Å². The van der Waals surface area contributed by atoms with Crippen molar-refractivity contribution in [2.75, 3.05) is 7.11 Å². The average molecular weight is 356 g/mol. The fourth-order valence-electron chi connectivity index (χ4n) is 4.98. The monoisotopic (exact) mass is 356 g/mol. The normalized spacial score (nSPS) is 34.7. The second-order valence-electron chi connectivity index (χ2n) is 8.17. The highest BCUT2D eigenvalue weighted by molar-refractivity contribution is 5.98. The largest absolute Gasteiger partial charge is 0.497 e. The van der Waals surface area contributed by atoms with Crippen molar-refractivity contribution in [3.8, 4) is 11.5 Å². The van der Waals surface area contributed by atoms with Crippen LogP contribution in [0.15, 0.2) is 18.2 Å². The van der Waals surface area contributed by atoms with E-state index in [0.717, 1.165) is 32.1 Å². The Morgan fingerprint density at radius 2 is 2.15 bits per heavy atom. The van der Waals surface area contributed by atoms with Crippen LogP contribution in [0.4, 0.5) is 0 Å². The fourth-order valence-corrected chi connectivity index (χ4v) is 4.98. The maximum absolute atomic E-state index is 12.7. The standard InChI is InChI=1S/C20H24N2O4/c1-25-14-6-7-15-17(9-14)26-20(22-19(15)24)10-11-2-3-12(20)8-16(11)18(23)21-13-4-5-13/h6-7,9,11-13,16H,2-5,8,10H2,1H3,(H,21,23)(H,22,24)/t11-,12-,16+,20-/m1/s1. The number of hydrogen-bond acceptors (Lipinski definition) is 4. The van der Waals surface area contributed by atoms with Gasteiger partial charge in [-0.2, -0.15) is 0 Å². The van der Waals surface area contributed by atoms with E-state index < -0.39 is 5.72 Å². The summed E-state index contributed by atoms with van der Waals surface area (Å²) in [6.45, 7) is 0. The molecular formula is C20H24N2O4. The van der Waals surface area contributed by atoms with Gasteiger partial charge in [-0.1, -0.05) is 0 Å². The first-order valence-corrected chi connectivity index (χ1v) is 9.58. The maximum Gasteiger partial charge on any atom is 0.258 e. The number of fused-ring (bicyclic) bond motifs is 3. The molecule has 4 fully saturated rings. The van der Waals surface area contributed by atoms with Gasteiger partial charge in [0.2, 0.25) is 5.91 Å². The molecule has 1 spiro atoms. The molecular weight excluding hydrogens is 332 g/mol. The quantitative estimate of drug-likeness (QED) is 0.871. The van der Waals surface area contributed by atoms with Crippen molar-refractivity contribution in [3.05, 3.63) is 23.8 Å². The van der Waals surface area contributed by atoms with Crippen LogP contribution in [-0.2, 0) is 4.79 Å². The molecule has 0 saturated heterocycles. The molecule has 2 N–H and O–H groups in total. The first-order valence-electron chi connectivity index (χ1n) is 9.58.